The van der Waals surface area contributed by atoms with E-state index in [9.17, 15) is 4.79 Å². The molecule has 3 aromatic rings. The molecular formula is C12H11N7O2. The number of ether oxygens (including phenoxy) is 1. The Morgan fingerprint density at radius 3 is 2.71 bits per heavy atom. The van der Waals surface area contributed by atoms with Crippen molar-refractivity contribution in [3.63, 3.8) is 0 Å². The number of tetrazole rings is 1. The topological polar surface area (TPSA) is 101 Å². The summed E-state index contributed by atoms with van der Waals surface area (Å²) in [4.78, 5) is 12.0. The van der Waals surface area contributed by atoms with Crippen LogP contribution in [0.25, 0.3) is 11.5 Å². The van der Waals surface area contributed by atoms with Crippen molar-refractivity contribution >= 4 is 5.97 Å². The Morgan fingerprint density at radius 2 is 2.05 bits per heavy atom. The maximum absolute atomic E-state index is 12.0. The van der Waals surface area contributed by atoms with Crippen molar-refractivity contribution in [3.8, 4) is 11.5 Å². The van der Waals surface area contributed by atoms with Gasteiger partial charge in [-0.2, -0.15) is 9.36 Å². The molecule has 0 amide bonds. The summed E-state index contributed by atoms with van der Waals surface area (Å²) < 4.78 is 7.77. The zero-order chi connectivity index (χ0) is 14.7. The minimum absolute atomic E-state index is 0.0491. The van der Waals surface area contributed by atoms with E-state index in [2.05, 4.69) is 25.8 Å². The highest BCUT2D eigenvalue weighted by molar-refractivity contribution is 5.90. The van der Waals surface area contributed by atoms with Gasteiger partial charge in [0.25, 0.3) is 0 Å². The van der Waals surface area contributed by atoms with Gasteiger partial charge in [0.2, 0.25) is 5.69 Å². The number of hydrogen-bond donors (Lipinski definition) is 0. The lowest BCUT2D eigenvalue weighted by Gasteiger charge is -2.06. The minimum atomic E-state index is -0.579. The van der Waals surface area contributed by atoms with E-state index in [-0.39, 0.29) is 12.3 Å². The molecule has 106 valence electrons. The second-order valence-corrected chi connectivity index (χ2v) is 3.98. The van der Waals surface area contributed by atoms with Gasteiger partial charge in [0, 0.05) is 0 Å². The molecule has 0 saturated carbocycles. The Bertz CT molecular complexity index is 736. The summed E-state index contributed by atoms with van der Waals surface area (Å²) in [6, 6.07) is 9.24. The van der Waals surface area contributed by atoms with Crippen LogP contribution in [0.4, 0.5) is 0 Å². The van der Waals surface area contributed by atoms with Crippen LogP contribution in [0.15, 0.2) is 36.7 Å². The van der Waals surface area contributed by atoms with Crippen molar-refractivity contribution in [3.05, 3.63) is 42.4 Å². The highest BCUT2D eigenvalue weighted by atomic mass is 16.5. The monoisotopic (exact) mass is 285 g/mol. The van der Waals surface area contributed by atoms with Gasteiger partial charge in [-0.1, -0.05) is 23.4 Å². The van der Waals surface area contributed by atoms with Crippen LogP contribution in [0.5, 0.6) is 0 Å². The van der Waals surface area contributed by atoms with E-state index >= 15 is 0 Å². The Balaban J connectivity index is 2.16. The Kier molecular flexibility index (Phi) is 3.37. The third-order valence-electron chi connectivity index (χ3n) is 2.68. The summed E-state index contributed by atoms with van der Waals surface area (Å²) in [5, 5.41) is 18.8. The van der Waals surface area contributed by atoms with Gasteiger partial charge in [0.05, 0.1) is 12.3 Å². The number of aromatic nitrogens is 7. The Labute approximate surface area is 119 Å². The largest absolute Gasteiger partial charge is 0.461 e. The molecule has 9 heteroatoms. The molecule has 1 aromatic carbocycles. The van der Waals surface area contributed by atoms with Crippen molar-refractivity contribution in [2.45, 2.75) is 6.92 Å². The van der Waals surface area contributed by atoms with Crippen LogP contribution in [-0.4, -0.2) is 47.8 Å². The molecule has 0 fully saturated rings. The number of benzene rings is 1. The number of carbonyl (C=O) groups excluding carboxylic acids is 1. The Hall–Kier alpha value is -3.10. The molecule has 0 spiro atoms. The fraction of sp³-hybridized carbons (Fsp3) is 0.167. The van der Waals surface area contributed by atoms with Crippen molar-refractivity contribution in [2.24, 2.45) is 0 Å². The first-order chi connectivity index (χ1) is 10.3. The van der Waals surface area contributed by atoms with Gasteiger partial charge >= 0.3 is 5.97 Å². The maximum Gasteiger partial charge on any atom is 0.362 e. The number of esters is 1. The number of rotatable bonds is 4. The number of para-hydroxylation sites is 1. The minimum Gasteiger partial charge on any atom is -0.461 e. The highest BCUT2D eigenvalue weighted by Crippen LogP contribution is 2.16. The van der Waals surface area contributed by atoms with Crippen LogP contribution >= 0.6 is 0 Å². The van der Waals surface area contributed by atoms with Crippen LogP contribution in [0, 0.1) is 0 Å². The standard InChI is InChI=1S/C12H11N7O2/c1-2-21-12(20)10-11(18-8-13-15-17-18)19(16-14-10)9-6-4-3-5-7-9/h3-8H,2H2,1H3. The fourth-order valence-corrected chi connectivity index (χ4v) is 1.82. The lowest BCUT2D eigenvalue weighted by Crippen LogP contribution is -2.13. The summed E-state index contributed by atoms with van der Waals surface area (Å²) in [7, 11) is 0. The predicted octanol–water partition coefficient (Wildman–Crippen LogP) is 0.420. The quantitative estimate of drug-likeness (QED) is 0.640. The molecule has 0 saturated heterocycles. The zero-order valence-electron chi connectivity index (χ0n) is 11.1. The fourth-order valence-electron chi connectivity index (χ4n) is 1.82. The highest BCUT2D eigenvalue weighted by Gasteiger charge is 2.24. The zero-order valence-corrected chi connectivity index (χ0v) is 11.1. The summed E-state index contributed by atoms with van der Waals surface area (Å²) in [5.41, 5.74) is 0.777. The lowest BCUT2D eigenvalue weighted by molar-refractivity contribution is 0.0519. The van der Waals surface area contributed by atoms with Crippen molar-refractivity contribution in [1.82, 2.24) is 35.2 Å². The van der Waals surface area contributed by atoms with Crippen LogP contribution in [0.2, 0.25) is 0 Å². The molecule has 2 heterocycles. The average Bonchev–Trinajstić information content (AvgIpc) is 3.17. The van der Waals surface area contributed by atoms with Gasteiger partial charge in [-0.25, -0.2) is 4.79 Å². The van der Waals surface area contributed by atoms with E-state index < -0.39 is 5.97 Å². The molecule has 21 heavy (non-hydrogen) atoms. The normalized spacial score (nSPS) is 10.5. The second-order valence-electron chi connectivity index (χ2n) is 3.98. The lowest BCUT2D eigenvalue weighted by atomic mass is 10.3. The van der Waals surface area contributed by atoms with Gasteiger partial charge in [-0.05, 0) is 29.5 Å². The number of carbonyl (C=O) groups is 1. The van der Waals surface area contributed by atoms with Crippen molar-refractivity contribution in [2.75, 3.05) is 6.61 Å². The molecule has 0 atom stereocenters. The van der Waals surface area contributed by atoms with E-state index in [0.717, 1.165) is 5.69 Å². The van der Waals surface area contributed by atoms with Gasteiger partial charge in [0.15, 0.2) is 5.82 Å². The molecule has 0 aliphatic carbocycles. The van der Waals surface area contributed by atoms with Crippen LogP contribution in [0.1, 0.15) is 17.4 Å². The molecule has 3 rings (SSSR count). The molecule has 0 bridgehead atoms. The third-order valence-corrected chi connectivity index (χ3v) is 2.68. The van der Waals surface area contributed by atoms with Gasteiger partial charge in [0.1, 0.15) is 6.33 Å². The maximum atomic E-state index is 12.0. The van der Waals surface area contributed by atoms with Crippen LogP contribution < -0.4 is 0 Å². The first-order valence-electron chi connectivity index (χ1n) is 6.23. The summed E-state index contributed by atoms with van der Waals surface area (Å²) in [6.07, 6.45) is 1.36. The molecule has 0 radical (unpaired) electrons. The summed E-state index contributed by atoms with van der Waals surface area (Å²) >= 11 is 0. The average molecular weight is 285 g/mol. The molecule has 0 aliphatic rings. The SMILES string of the molecule is CCOC(=O)c1nnn(-c2ccccc2)c1-n1cnnn1. The molecule has 0 N–H and O–H groups in total. The van der Waals surface area contributed by atoms with E-state index in [1.807, 2.05) is 30.3 Å². The first kappa shape index (κ1) is 12.9. The number of hydrogen-bond acceptors (Lipinski definition) is 7. The summed E-state index contributed by atoms with van der Waals surface area (Å²) in [5.74, 6) is -0.255. The predicted molar refractivity (Wildman–Crippen MR) is 70.0 cm³/mol. The molecule has 2 aromatic heterocycles. The Morgan fingerprint density at radius 1 is 1.24 bits per heavy atom. The van der Waals surface area contributed by atoms with Crippen molar-refractivity contribution < 1.29 is 9.53 Å². The van der Waals surface area contributed by atoms with Crippen LogP contribution in [-0.2, 0) is 4.74 Å². The van der Waals surface area contributed by atoms with Gasteiger partial charge in [-0.3, -0.25) is 0 Å². The van der Waals surface area contributed by atoms with E-state index in [0.29, 0.717) is 5.82 Å². The van der Waals surface area contributed by atoms with Gasteiger partial charge in [-0.15, -0.1) is 10.2 Å². The summed E-state index contributed by atoms with van der Waals surface area (Å²) in [6.45, 7) is 1.96. The van der Waals surface area contributed by atoms with E-state index in [1.165, 1.54) is 15.7 Å². The van der Waals surface area contributed by atoms with Gasteiger partial charge < -0.3 is 4.74 Å². The molecular weight excluding hydrogens is 274 g/mol. The molecule has 0 unspecified atom stereocenters. The van der Waals surface area contributed by atoms with E-state index in [1.54, 1.807) is 6.92 Å². The van der Waals surface area contributed by atoms with Crippen molar-refractivity contribution in [1.29, 1.82) is 0 Å². The third kappa shape index (κ3) is 2.36. The second kappa shape index (κ2) is 5.49. The smallest absolute Gasteiger partial charge is 0.362 e. The molecule has 9 nitrogen and oxygen atoms in total. The number of nitrogens with zero attached hydrogens (tertiary/aromatic N) is 7. The van der Waals surface area contributed by atoms with Crippen LogP contribution in [0.3, 0.4) is 0 Å². The first-order valence-corrected chi connectivity index (χ1v) is 6.23. The van der Waals surface area contributed by atoms with E-state index in [4.69, 9.17) is 4.74 Å². The molecule has 0 aliphatic heterocycles.